The average Bonchev–Trinajstić information content (AvgIpc) is 3.31. The topological polar surface area (TPSA) is 42.4 Å². The number of carbonyl (C=O) groups excluding carboxylic acids is 1. The van der Waals surface area contributed by atoms with Gasteiger partial charge >= 0.3 is 0 Å². The Hall–Kier alpha value is -1.68. The van der Waals surface area contributed by atoms with Crippen LogP contribution >= 0.6 is 0 Å². The number of ether oxygens (including phenoxy) is 1. The molecule has 1 aromatic rings. The minimum atomic E-state index is 0.182. The van der Waals surface area contributed by atoms with Gasteiger partial charge in [0.2, 0.25) is 5.91 Å². The Morgan fingerprint density at radius 1 is 1.33 bits per heavy atom. The molecule has 1 saturated carbocycles. The molecule has 0 N–H and O–H groups in total. The molecule has 2 aliphatic carbocycles. The first-order valence-corrected chi connectivity index (χ1v) is 9.22. The van der Waals surface area contributed by atoms with E-state index in [0.717, 1.165) is 50.1 Å². The van der Waals surface area contributed by atoms with Crippen molar-refractivity contribution in [2.24, 2.45) is 11.3 Å². The van der Waals surface area contributed by atoms with Crippen LogP contribution in [-0.2, 0) is 16.1 Å². The highest BCUT2D eigenvalue weighted by Crippen LogP contribution is 2.49. The number of carbonyl (C=O) groups is 1. The highest BCUT2D eigenvalue weighted by molar-refractivity contribution is 5.94. The molecule has 3 aliphatic rings. The van der Waals surface area contributed by atoms with Gasteiger partial charge in [0.05, 0.1) is 13.2 Å². The molecule has 0 unspecified atom stereocenters. The second-order valence-corrected chi connectivity index (χ2v) is 7.61. The van der Waals surface area contributed by atoms with Crippen molar-refractivity contribution in [3.05, 3.63) is 41.7 Å². The second kappa shape index (κ2) is 6.67. The van der Waals surface area contributed by atoms with Gasteiger partial charge in [0.1, 0.15) is 0 Å². The van der Waals surface area contributed by atoms with Crippen LogP contribution in [0.5, 0.6) is 0 Å². The van der Waals surface area contributed by atoms with Gasteiger partial charge in [-0.1, -0.05) is 12.5 Å². The number of amides is 1. The Kier molecular flexibility index (Phi) is 4.40. The van der Waals surface area contributed by atoms with Gasteiger partial charge in [-0.3, -0.25) is 9.78 Å². The van der Waals surface area contributed by atoms with Crippen molar-refractivity contribution in [2.45, 2.75) is 45.1 Å². The lowest BCUT2D eigenvalue weighted by Crippen LogP contribution is -2.35. The van der Waals surface area contributed by atoms with Crippen LogP contribution in [0.15, 0.2) is 36.2 Å². The van der Waals surface area contributed by atoms with E-state index in [1.165, 1.54) is 19.3 Å². The lowest BCUT2D eigenvalue weighted by atomic mass is 9.81. The molecule has 24 heavy (non-hydrogen) atoms. The summed E-state index contributed by atoms with van der Waals surface area (Å²) >= 11 is 0. The van der Waals surface area contributed by atoms with Crippen LogP contribution < -0.4 is 0 Å². The van der Waals surface area contributed by atoms with Crippen LogP contribution in [0, 0.1) is 11.3 Å². The third-order valence-corrected chi connectivity index (χ3v) is 6.05. The maximum atomic E-state index is 12.7. The normalized spacial score (nSPS) is 28.9. The molecule has 1 saturated heterocycles. The highest BCUT2D eigenvalue weighted by Gasteiger charge is 2.50. The van der Waals surface area contributed by atoms with Crippen LogP contribution in [0.4, 0.5) is 0 Å². The Bertz CT molecular complexity index is 628. The van der Waals surface area contributed by atoms with Crippen LogP contribution in [0.25, 0.3) is 0 Å². The summed E-state index contributed by atoms with van der Waals surface area (Å²) < 4.78 is 6.08. The fraction of sp³-hybridized carbons (Fsp3) is 0.600. The maximum Gasteiger partial charge on any atom is 0.249 e. The van der Waals surface area contributed by atoms with Crippen molar-refractivity contribution in [2.75, 3.05) is 19.7 Å². The molecular formula is C20H26N2O2. The van der Waals surface area contributed by atoms with Crippen LogP contribution in [0.2, 0.25) is 0 Å². The molecule has 0 aromatic carbocycles. The third kappa shape index (κ3) is 3.00. The minimum Gasteiger partial charge on any atom is -0.376 e. The summed E-state index contributed by atoms with van der Waals surface area (Å²) in [6, 6.07) is 4.00. The predicted molar refractivity (Wildman–Crippen MR) is 92.2 cm³/mol. The Labute approximate surface area is 143 Å². The zero-order valence-corrected chi connectivity index (χ0v) is 14.2. The number of likely N-dealkylation sites (tertiary alicyclic amines) is 1. The summed E-state index contributed by atoms with van der Waals surface area (Å²) in [5, 5.41) is 0. The summed E-state index contributed by atoms with van der Waals surface area (Å²) in [5.74, 6) is 0.899. The van der Waals surface area contributed by atoms with E-state index in [1.54, 1.807) is 12.4 Å². The number of rotatable bonds is 5. The zero-order valence-electron chi connectivity index (χ0n) is 14.2. The molecule has 128 valence electrons. The van der Waals surface area contributed by atoms with E-state index in [1.807, 2.05) is 12.1 Å². The molecular weight excluding hydrogens is 300 g/mol. The van der Waals surface area contributed by atoms with Crippen molar-refractivity contribution < 1.29 is 9.53 Å². The first kappa shape index (κ1) is 15.8. The van der Waals surface area contributed by atoms with Gasteiger partial charge in [0.25, 0.3) is 0 Å². The zero-order chi connectivity index (χ0) is 16.4. The molecule has 0 bridgehead atoms. The van der Waals surface area contributed by atoms with Gasteiger partial charge in [-0.15, -0.1) is 0 Å². The number of nitrogens with zero attached hydrogens (tertiary/aromatic N) is 2. The van der Waals surface area contributed by atoms with E-state index in [-0.39, 0.29) is 11.3 Å². The SMILES string of the molecule is O=C(C1=CCCC1)N1C[C@@H]2CCC[C@]2(COCc2ccncc2)C1. The summed E-state index contributed by atoms with van der Waals surface area (Å²) in [6.07, 6.45) is 12.6. The summed E-state index contributed by atoms with van der Waals surface area (Å²) in [5.41, 5.74) is 2.39. The van der Waals surface area contributed by atoms with Gasteiger partial charge in [-0.2, -0.15) is 0 Å². The summed E-state index contributed by atoms with van der Waals surface area (Å²) in [7, 11) is 0. The predicted octanol–water partition coefficient (Wildman–Crippen LogP) is 3.34. The van der Waals surface area contributed by atoms with Crippen molar-refractivity contribution in [1.82, 2.24) is 9.88 Å². The number of hydrogen-bond acceptors (Lipinski definition) is 3. The van der Waals surface area contributed by atoms with Crippen molar-refractivity contribution in [1.29, 1.82) is 0 Å². The summed E-state index contributed by atoms with van der Waals surface area (Å²) in [6.45, 7) is 3.21. The monoisotopic (exact) mass is 326 g/mol. The largest absolute Gasteiger partial charge is 0.376 e. The van der Waals surface area contributed by atoms with Crippen molar-refractivity contribution in [3.8, 4) is 0 Å². The van der Waals surface area contributed by atoms with Crippen molar-refractivity contribution in [3.63, 3.8) is 0 Å². The number of hydrogen-bond donors (Lipinski definition) is 0. The third-order valence-electron chi connectivity index (χ3n) is 6.05. The van der Waals surface area contributed by atoms with E-state index < -0.39 is 0 Å². The Morgan fingerprint density at radius 2 is 2.21 bits per heavy atom. The van der Waals surface area contributed by atoms with E-state index in [2.05, 4.69) is 16.0 Å². The number of pyridine rings is 1. The smallest absolute Gasteiger partial charge is 0.249 e. The van der Waals surface area contributed by atoms with E-state index in [4.69, 9.17) is 4.74 Å². The van der Waals surface area contributed by atoms with E-state index in [0.29, 0.717) is 12.5 Å². The van der Waals surface area contributed by atoms with Crippen molar-refractivity contribution >= 4 is 5.91 Å². The Morgan fingerprint density at radius 3 is 3.00 bits per heavy atom. The minimum absolute atomic E-state index is 0.182. The first-order valence-electron chi connectivity index (χ1n) is 9.22. The van der Waals surface area contributed by atoms with E-state index >= 15 is 0 Å². The van der Waals surface area contributed by atoms with Gasteiger partial charge < -0.3 is 9.64 Å². The molecule has 1 aromatic heterocycles. The molecule has 2 atom stereocenters. The quantitative estimate of drug-likeness (QED) is 0.833. The van der Waals surface area contributed by atoms with Crippen LogP contribution in [0.3, 0.4) is 0 Å². The average molecular weight is 326 g/mol. The molecule has 4 heteroatoms. The molecule has 1 amide bonds. The van der Waals surface area contributed by atoms with Gasteiger partial charge in [-0.25, -0.2) is 0 Å². The number of allylic oxidation sites excluding steroid dienone is 1. The molecule has 4 rings (SSSR count). The first-order chi connectivity index (χ1) is 11.8. The van der Waals surface area contributed by atoms with Gasteiger partial charge in [-0.05, 0) is 55.7 Å². The molecule has 0 radical (unpaired) electrons. The lowest BCUT2D eigenvalue weighted by Gasteiger charge is -2.28. The molecule has 4 nitrogen and oxygen atoms in total. The fourth-order valence-electron chi connectivity index (χ4n) is 4.72. The summed E-state index contributed by atoms with van der Waals surface area (Å²) in [4.78, 5) is 18.9. The molecule has 0 spiro atoms. The number of fused-ring (bicyclic) bond motifs is 1. The fourth-order valence-corrected chi connectivity index (χ4v) is 4.72. The standard InChI is InChI=1S/C20H26N2O2/c23-19(17-4-1-2-5-17)22-12-18-6-3-9-20(18,14-22)15-24-13-16-7-10-21-11-8-16/h4,7-8,10-11,18H,1-3,5-6,9,12-15H2/t18-,20+/m0/s1. The lowest BCUT2D eigenvalue weighted by molar-refractivity contribution is -0.127. The van der Waals surface area contributed by atoms with Crippen LogP contribution in [-0.4, -0.2) is 35.5 Å². The highest BCUT2D eigenvalue weighted by atomic mass is 16.5. The van der Waals surface area contributed by atoms with Crippen LogP contribution in [0.1, 0.15) is 44.1 Å². The van der Waals surface area contributed by atoms with Gasteiger partial charge in [0.15, 0.2) is 0 Å². The molecule has 2 fully saturated rings. The van der Waals surface area contributed by atoms with Gasteiger partial charge in [0, 0.05) is 36.5 Å². The molecule has 1 aliphatic heterocycles. The number of aromatic nitrogens is 1. The maximum absolute atomic E-state index is 12.7. The van der Waals surface area contributed by atoms with E-state index in [9.17, 15) is 4.79 Å². The molecule has 2 heterocycles. The Balaban J connectivity index is 1.38. The second-order valence-electron chi connectivity index (χ2n) is 7.61.